The highest BCUT2D eigenvalue weighted by Crippen LogP contribution is 2.59. The van der Waals surface area contributed by atoms with E-state index in [0.717, 1.165) is 37.0 Å². The van der Waals surface area contributed by atoms with Gasteiger partial charge in [0.15, 0.2) is 0 Å². The molecule has 4 heteroatoms. The lowest BCUT2D eigenvalue weighted by Crippen LogP contribution is -2.56. The maximum Gasteiger partial charge on any atom is 0.244 e. The van der Waals surface area contributed by atoms with Crippen LogP contribution in [-0.2, 0) is 9.59 Å². The second-order valence-electron chi connectivity index (χ2n) is 6.33. The third kappa shape index (κ3) is 1.83. The highest BCUT2D eigenvalue weighted by molar-refractivity contribution is 5.85. The van der Waals surface area contributed by atoms with Gasteiger partial charge in [-0.05, 0) is 56.3 Å². The van der Waals surface area contributed by atoms with Crippen molar-refractivity contribution in [3.63, 3.8) is 0 Å². The predicted molar refractivity (Wildman–Crippen MR) is 62.6 cm³/mol. The third-order valence-electron chi connectivity index (χ3n) is 4.87. The SMILES string of the molecule is CC(=O)NNC(=O)C12CC3CC(CC(C3)C1)C2. The van der Waals surface area contributed by atoms with Gasteiger partial charge in [-0.1, -0.05) is 0 Å². The molecule has 4 fully saturated rings. The molecule has 0 atom stereocenters. The monoisotopic (exact) mass is 236 g/mol. The van der Waals surface area contributed by atoms with Gasteiger partial charge in [-0.3, -0.25) is 20.4 Å². The fourth-order valence-electron chi connectivity index (χ4n) is 4.67. The minimum atomic E-state index is -0.205. The van der Waals surface area contributed by atoms with E-state index in [2.05, 4.69) is 10.9 Å². The van der Waals surface area contributed by atoms with Crippen molar-refractivity contribution in [2.24, 2.45) is 23.2 Å². The molecule has 4 bridgehead atoms. The van der Waals surface area contributed by atoms with E-state index < -0.39 is 0 Å². The van der Waals surface area contributed by atoms with E-state index in [9.17, 15) is 9.59 Å². The zero-order valence-electron chi connectivity index (χ0n) is 10.3. The van der Waals surface area contributed by atoms with E-state index in [1.165, 1.54) is 26.2 Å². The van der Waals surface area contributed by atoms with E-state index in [-0.39, 0.29) is 17.2 Å². The second-order valence-corrected chi connectivity index (χ2v) is 6.33. The summed E-state index contributed by atoms with van der Waals surface area (Å²) in [5.74, 6) is 2.10. The van der Waals surface area contributed by atoms with Crippen LogP contribution in [0.2, 0.25) is 0 Å². The van der Waals surface area contributed by atoms with Crippen LogP contribution in [0.3, 0.4) is 0 Å². The van der Waals surface area contributed by atoms with Crippen molar-refractivity contribution >= 4 is 11.8 Å². The minimum absolute atomic E-state index is 0.0480. The number of hydrogen-bond donors (Lipinski definition) is 2. The van der Waals surface area contributed by atoms with E-state index in [1.807, 2.05) is 0 Å². The molecule has 2 amide bonds. The fourth-order valence-corrected chi connectivity index (χ4v) is 4.67. The predicted octanol–water partition coefficient (Wildman–Crippen LogP) is 1.37. The minimum Gasteiger partial charge on any atom is -0.274 e. The standard InChI is InChI=1S/C13H20N2O2/c1-8(16)14-15-12(17)13-5-9-2-10(6-13)4-11(3-9)7-13/h9-11H,2-7H2,1H3,(H,14,16)(H,15,17). The molecule has 0 spiro atoms. The van der Waals surface area contributed by atoms with Crippen LogP contribution in [0.1, 0.15) is 45.4 Å². The molecule has 0 aliphatic heterocycles. The van der Waals surface area contributed by atoms with E-state index in [0.29, 0.717) is 0 Å². The van der Waals surface area contributed by atoms with Gasteiger partial charge in [0.2, 0.25) is 11.8 Å². The first-order chi connectivity index (χ1) is 8.07. The summed E-state index contributed by atoms with van der Waals surface area (Å²) in [6.07, 6.45) is 7.07. The van der Waals surface area contributed by atoms with Crippen LogP contribution in [0.5, 0.6) is 0 Å². The van der Waals surface area contributed by atoms with Crippen LogP contribution in [0.4, 0.5) is 0 Å². The first-order valence-electron chi connectivity index (χ1n) is 6.64. The van der Waals surface area contributed by atoms with Gasteiger partial charge in [-0.15, -0.1) is 0 Å². The lowest BCUT2D eigenvalue weighted by molar-refractivity contribution is -0.148. The normalized spacial score (nSPS) is 42.3. The number of hydrazine groups is 1. The number of amides is 2. The Morgan fingerprint density at radius 3 is 1.82 bits per heavy atom. The summed E-state index contributed by atoms with van der Waals surface area (Å²) in [6.45, 7) is 1.42. The van der Waals surface area contributed by atoms with Crippen molar-refractivity contribution in [2.45, 2.75) is 45.4 Å². The first kappa shape index (κ1) is 11.1. The molecule has 0 radical (unpaired) electrons. The van der Waals surface area contributed by atoms with E-state index in [1.54, 1.807) is 0 Å². The van der Waals surface area contributed by atoms with Crippen LogP contribution in [0.15, 0.2) is 0 Å². The Bertz CT molecular complexity index is 329. The summed E-state index contributed by atoms with van der Waals surface area (Å²) in [4.78, 5) is 23.1. The van der Waals surface area contributed by atoms with Gasteiger partial charge in [0.1, 0.15) is 0 Å². The van der Waals surface area contributed by atoms with Crippen molar-refractivity contribution in [1.82, 2.24) is 10.9 Å². The summed E-state index contributed by atoms with van der Waals surface area (Å²) >= 11 is 0. The van der Waals surface area contributed by atoms with Crippen molar-refractivity contribution in [2.75, 3.05) is 0 Å². The molecule has 4 nitrogen and oxygen atoms in total. The zero-order valence-corrected chi connectivity index (χ0v) is 10.3. The van der Waals surface area contributed by atoms with Gasteiger partial charge in [0.25, 0.3) is 0 Å². The number of carbonyl (C=O) groups excluding carboxylic acids is 2. The zero-order chi connectivity index (χ0) is 12.0. The molecule has 0 unspecified atom stereocenters. The average Bonchev–Trinajstić information content (AvgIpc) is 2.23. The molecule has 4 rings (SSSR count). The largest absolute Gasteiger partial charge is 0.274 e. The summed E-state index contributed by atoms with van der Waals surface area (Å²) in [7, 11) is 0. The quantitative estimate of drug-likeness (QED) is 0.676. The molecule has 0 aromatic heterocycles. The molecule has 17 heavy (non-hydrogen) atoms. The summed E-state index contributed by atoms with van der Waals surface area (Å²) in [5.41, 5.74) is 4.86. The summed E-state index contributed by atoms with van der Waals surface area (Å²) in [5, 5.41) is 0. The van der Waals surface area contributed by atoms with Crippen LogP contribution < -0.4 is 10.9 Å². The Morgan fingerprint density at radius 2 is 1.41 bits per heavy atom. The van der Waals surface area contributed by atoms with Gasteiger partial charge < -0.3 is 0 Å². The molecule has 4 aliphatic rings. The second kappa shape index (κ2) is 3.72. The van der Waals surface area contributed by atoms with Crippen LogP contribution in [-0.4, -0.2) is 11.8 Å². The Hall–Kier alpha value is -1.06. The lowest BCUT2D eigenvalue weighted by atomic mass is 9.49. The topological polar surface area (TPSA) is 58.2 Å². The number of hydrogen-bond acceptors (Lipinski definition) is 2. The van der Waals surface area contributed by atoms with E-state index >= 15 is 0 Å². The Kier molecular flexibility index (Phi) is 2.42. The summed E-state index contributed by atoms with van der Waals surface area (Å²) in [6, 6.07) is 0. The van der Waals surface area contributed by atoms with Gasteiger partial charge in [0.05, 0.1) is 5.41 Å². The van der Waals surface area contributed by atoms with Crippen molar-refractivity contribution < 1.29 is 9.59 Å². The highest BCUT2D eigenvalue weighted by Gasteiger charge is 2.54. The molecule has 0 aromatic carbocycles. The van der Waals surface area contributed by atoms with Gasteiger partial charge >= 0.3 is 0 Å². The van der Waals surface area contributed by atoms with Crippen molar-refractivity contribution in [1.29, 1.82) is 0 Å². The molecule has 94 valence electrons. The molecule has 2 N–H and O–H groups in total. The third-order valence-corrected chi connectivity index (χ3v) is 4.87. The highest BCUT2D eigenvalue weighted by atomic mass is 16.2. The number of rotatable bonds is 1. The summed E-state index contributed by atoms with van der Waals surface area (Å²) < 4.78 is 0. The molecule has 4 saturated carbocycles. The van der Waals surface area contributed by atoms with Gasteiger partial charge in [-0.25, -0.2) is 0 Å². The maximum absolute atomic E-state index is 12.3. The van der Waals surface area contributed by atoms with Gasteiger partial charge in [-0.2, -0.15) is 0 Å². The fraction of sp³-hybridized carbons (Fsp3) is 0.846. The van der Waals surface area contributed by atoms with E-state index in [4.69, 9.17) is 0 Å². The Morgan fingerprint density at radius 1 is 0.941 bits per heavy atom. The first-order valence-corrected chi connectivity index (χ1v) is 6.64. The number of carbonyl (C=O) groups is 2. The molecular weight excluding hydrogens is 216 g/mol. The number of nitrogens with one attached hydrogen (secondary N) is 2. The van der Waals surface area contributed by atoms with Crippen LogP contribution >= 0.6 is 0 Å². The molecule has 0 aromatic rings. The molecule has 0 saturated heterocycles. The lowest BCUT2D eigenvalue weighted by Gasteiger charge is -2.55. The molecule has 4 aliphatic carbocycles. The Balaban J connectivity index is 1.73. The van der Waals surface area contributed by atoms with Gasteiger partial charge in [0, 0.05) is 6.92 Å². The smallest absolute Gasteiger partial charge is 0.244 e. The average molecular weight is 236 g/mol. The Labute approximate surface area is 101 Å². The van der Waals surface area contributed by atoms with Crippen molar-refractivity contribution in [3.8, 4) is 0 Å². The molecule has 0 heterocycles. The molecular formula is C13H20N2O2. The van der Waals surface area contributed by atoms with Crippen LogP contribution in [0, 0.1) is 23.2 Å². The maximum atomic E-state index is 12.3. The van der Waals surface area contributed by atoms with Crippen LogP contribution in [0.25, 0.3) is 0 Å². The van der Waals surface area contributed by atoms with Crippen molar-refractivity contribution in [3.05, 3.63) is 0 Å².